The third-order valence-corrected chi connectivity index (χ3v) is 2.74. The van der Waals surface area contributed by atoms with Crippen molar-refractivity contribution >= 4 is 6.29 Å². The van der Waals surface area contributed by atoms with E-state index in [-0.39, 0.29) is 17.3 Å². The van der Waals surface area contributed by atoms with Crippen LogP contribution >= 0.6 is 0 Å². The fourth-order valence-corrected chi connectivity index (χ4v) is 1.85. The molecule has 0 radical (unpaired) electrons. The predicted octanol–water partition coefficient (Wildman–Crippen LogP) is 2.76. The first-order valence-corrected chi connectivity index (χ1v) is 4.49. The van der Waals surface area contributed by atoms with E-state index in [0.29, 0.717) is 0 Å². The van der Waals surface area contributed by atoms with E-state index in [1.807, 2.05) is 12.2 Å². The van der Waals surface area contributed by atoms with Crippen LogP contribution in [0.25, 0.3) is 0 Å². The predicted molar refractivity (Wildman–Crippen MR) is 55.3 cm³/mol. The van der Waals surface area contributed by atoms with Crippen LogP contribution in [0.15, 0.2) is 37.0 Å². The van der Waals surface area contributed by atoms with E-state index in [4.69, 9.17) is 0 Å². The molecule has 0 heterocycles. The normalized spacial score (nSPS) is 31.4. The number of rotatable bonds is 2. The van der Waals surface area contributed by atoms with Gasteiger partial charge in [0.1, 0.15) is 6.29 Å². The Labute approximate surface area is 79.8 Å². The van der Waals surface area contributed by atoms with Gasteiger partial charge in [-0.25, -0.2) is 0 Å². The Balaban J connectivity index is 3.07. The summed E-state index contributed by atoms with van der Waals surface area (Å²) in [5, 5.41) is 0. The van der Waals surface area contributed by atoms with Gasteiger partial charge in [-0.05, 0) is 5.41 Å². The summed E-state index contributed by atoms with van der Waals surface area (Å²) in [5.41, 5.74) is 0.996. The number of aldehydes is 1. The molecule has 0 amide bonds. The number of carbonyl (C=O) groups is 1. The van der Waals surface area contributed by atoms with Crippen molar-refractivity contribution in [2.24, 2.45) is 17.3 Å². The zero-order valence-corrected chi connectivity index (χ0v) is 8.29. The lowest BCUT2D eigenvalue weighted by Gasteiger charge is -2.36. The molecule has 1 rings (SSSR count). The van der Waals surface area contributed by atoms with Crippen LogP contribution in [-0.2, 0) is 4.79 Å². The Morgan fingerprint density at radius 1 is 1.54 bits per heavy atom. The number of carbonyl (C=O) groups excluding carboxylic acids is 1. The summed E-state index contributed by atoms with van der Waals surface area (Å²) in [5.74, 6) is 0.0729. The smallest absolute Gasteiger partial charge is 0.130 e. The Morgan fingerprint density at radius 3 is 2.62 bits per heavy atom. The molecular weight excluding hydrogens is 160 g/mol. The van der Waals surface area contributed by atoms with Crippen LogP contribution < -0.4 is 0 Å². The van der Waals surface area contributed by atoms with E-state index in [2.05, 4.69) is 33.1 Å². The van der Waals surface area contributed by atoms with Gasteiger partial charge in [0.25, 0.3) is 0 Å². The molecule has 0 aromatic rings. The van der Waals surface area contributed by atoms with E-state index in [9.17, 15) is 4.79 Å². The first kappa shape index (κ1) is 9.97. The van der Waals surface area contributed by atoms with Gasteiger partial charge in [0.2, 0.25) is 0 Å². The maximum Gasteiger partial charge on any atom is 0.130 e. The first-order chi connectivity index (χ1) is 6.03. The first-order valence-electron chi connectivity index (χ1n) is 4.49. The lowest BCUT2D eigenvalue weighted by atomic mass is 9.68. The van der Waals surface area contributed by atoms with Gasteiger partial charge in [-0.1, -0.05) is 44.2 Å². The van der Waals surface area contributed by atoms with Crippen molar-refractivity contribution in [2.45, 2.75) is 13.8 Å². The van der Waals surface area contributed by atoms with Crippen LogP contribution in [0.3, 0.4) is 0 Å². The van der Waals surface area contributed by atoms with Gasteiger partial charge >= 0.3 is 0 Å². The largest absolute Gasteiger partial charge is 0.302 e. The van der Waals surface area contributed by atoms with Crippen molar-refractivity contribution in [3.63, 3.8) is 0 Å². The van der Waals surface area contributed by atoms with Crippen molar-refractivity contribution in [3.8, 4) is 0 Å². The quantitative estimate of drug-likeness (QED) is 0.467. The zero-order valence-electron chi connectivity index (χ0n) is 8.29. The molecule has 0 fully saturated rings. The van der Waals surface area contributed by atoms with Crippen LogP contribution in [0.2, 0.25) is 0 Å². The van der Waals surface area contributed by atoms with Gasteiger partial charge in [0.15, 0.2) is 0 Å². The third kappa shape index (κ3) is 1.64. The summed E-state index contributed by atoms with van der Waals surface area (Å²) in [6, 6.07) is 0. The summed E-state index contributed by atoms with van der Waals surface area (Å²) >= 11 is 0. The maximum atomic E-state index is 10.7. The van der Waals surface area contributed by atoms with Crippen molar-refractivity contribution < 1.29 is 4.79 Å². The van der Waals surface area contributed by atoms with E-state index >= 15 is 0 Å². The lowest BCUT2D eigenvalue weighted by Crippen LogP contribution is -2.28. The minimum absolute atomic E-state index is 0.0400. The van der Waals surface area contributed by atoms with Gasteiger partial charge < -0.3 is 4.79 Å². The second-order valence-corrected chi connectivity index (χ2v) is 4.13. The Kier molecular flexibility index (Phi) is 2.55. The van der Waals surface area contributed by atoms with E-state index < -0.39 is 0 Å². The molecule has 2 atom stereocenters. The molecule has 1 heteroatoms. The molecule has 0 saturated carbocycles. The Hall–Kier alpha value is -1.11. The summed E-state index contributed by atoms with van der Waals surface area (Å²) in [6.07, 6.45) is 6.81. The number of hydrogen-bond donors (Lipinski definition) is 0. The highest BCUT2D eigenvalue weighted by atomic mass is 16.1. The highest BCUT2D eigenvalue weighted by Crippen LogP contribution is 2.41. The standard InChI is InChI=1S/C12H16O/c1-5-11-9(2)10(8-13)6-7-12(11,3)4/h5-8,10-11H,1-2H2,3-4H3. The average molecular weight is 176 g/mol. The molecule has 1 aliphatic carbocycles. The van der Waals surface area contributed by atoms with Gasteiger partial charge in [0, 0.05) is 5.92 Å². The second-order valence-electron chi connectivity index (χ2n) is 4.13. The fraction of sp³-hybridized carbons (Fsp3) is 0.417. The lowest BCUT2D eigenvalue weighted by molar-refractivity contribution is -0.109. The van der Waals surface area contributed by atoms with Gasteiger partial charge in [-0.3, -0.25) is 0 Å². The molecule has 0 N–H and O–H groups in total. The molecule has 70 valence electrons. The van der Waals surface area contributed by atoms with E-state index in [1.54, 1.807) is 0 Å². The molecule has 1 aliphatic rings. The number of allylic oxidation sites excluding steroid dienone is 4. The topological polar surface area (TPSA) is 17.1 Å². The maximum absolute atomic E-state index is 10.7. The average Bonchev–Trinajstić information content (AvgIpc) is 2.04. The highest BCUT2D eigenvalue weighted by molar-refractivity contribution is 5.63. The molecule has 1 nitrogen and oxygen atoms in total. The van der Waals surface area contributed by atoms with Crippen molar-refractivity contribution in [2.75, 3.05) is 0 Å². The fourth-order valence-electron chi connectivity index (χ4n) is 1.85. The van der Waals surface area contributed by atoms with Crippen LogP contribution in [0.4, 0.5) is 0 Å². The van der Waals surface area contributed by atoms with E-state index in [1.165, 1.54) is 0 Å². The van der Waals surface area contributed by atoms with Crippen molar-refractivity contribution in [3.05, 3.63) is 37.0 Å². The molecule has 0 aromatic carbocycles. The summed E-state index contributed by atoms with van der Waals surface area (Å²) in [4.78, 5) is 10.7. The summed E-state index contributed by atoms with van der Waals surface area (Å²) < 4.78 is 0. The summed E-state index contributed by atoms with van der Waals surface area (Å²) in [6.45, 7) is 12.0. The van der Waals surface area contributed by atoms with Crippen molar-refractivity contribution in [1.82, 2.24) is 0 Å². The third-order valence-electron chi connectivity index (χ3n) is 2.74. The SMILES string of the molecule is C=CC1C(=C)C(C=O)C=CC1(C)C. The molecule has 0 saturated heterocycles. The van der Waals surface area contributed by atoms with E-state index in [0.717, 1.165) is 11.9 Å². The van der Waals surface area contributed by atoms with Crippen LogP contribution in [0, 0.1) is 17.3 Å². The van der Waals surface area contributed by atoms with Crippen LogP contribution in [0.1, 0.15) is 13.8 Å². The minimum Gasteiger partial charge on any atom is -0.302 e. The van der Waals surface area contributed by atoms with Gasteiger partial charge in [0.05, 0.1) is 5.92 Å². The van der Waals surface area contributed by atoms with Gasteiger partial charge in [-0.2, -0.15) is 0 Å². The molecule has 0 spiro atoms. The van der Waals surface area contributed by atoms with Crippen molar-refractivity contribution in [1.29, 1.82) is 0 Å². The Morgan fingerprint density at radius 2 is 2.15 bits per heavy atom. The molecule has 0 aromatic heterocycles. The molecule has 2 unspecified atom stereocenters. The molecular formula is C12H16O. The number of hydrogen-bond acceptors (Lipinski definition) is 1. The second kappa shape index (κ2) is 3.33. The highest BCUT2D eigenvalue weighted by Gasteiger charge is 2.33. The van der Waals surface area contributed by atoms with Crippen LogP contribution in [-0.4, -0.2) is 6.29 Å². The Bertz CT molecular complexity index is 271. The molecule has 0 aliphatic heterocycles. The van der Waals surface area contributed by atoms with Crippen LogP contribution in [0.5, 0.6) is 0 Å². The monoisotopic (exact) mass is 176 g/mol. The molecule has 0 bridgehead atoms. The summed E-state index contributed by atoms with van der Waals surface area (Å²) in [7, 11) is 0. The molecule has 13 heavy (non-hydrogen) atoms. The zero-order chi connectivity index (χ0) is 10.1. The minimum atomic E-state index is -0.129. The van der Waals surface area contributed by atoms with Gasteiger partial charge in [-0.15, -0.1) is 6.58 Å².